The molecule has 0 atom stereocenters. The highest BCUT2D eigenvalue weighted by molar-refractivity contribution is 5.87. The second-order valence-corrected chi connectivity index (χ2v) is 3.59. The van der Waals surface area contributed by atoms with E-state index in [1.165, 1.54) is 0 Å². The number of hydrogen-bond acceptors (Lipinski definition) is 2. The summed E-state index contributed by atoms with van der Waals surface area (Å²) in [5.41, 5.74) is 0.277. The van der Waals surface area contributed by atoms with Gasteiger partial charge < -0.3 is 4.74 Å². The van der Waals surface area contributed by atoms with E-state index in [4.69, 9.17) is 4.74 Å². The van der Waals surface area contributed by atoms with Crippen molar-refractivity contribution >= 4 is 5.97 Å². The molecule has 0 amide bonds. The van der Waals surface area contributed by atoms with Gasteiger partial charge >= 0.3 is 5.97 Å². The lowest BCUT2D eigenvalue weighted by Crippen LogP contribution is -2.33. The highest BCUT2D eigenvalue weighted by atomic mass is 16.6. The number of carbonyl (C=O) groups is 1. The molecule has 0 heterocycles. The molecule has 0 saturated carbocycles. The summed E-state index contributed by atoms with van der Waals surface area (Å²) in [5.74, 6) is -0.238. The molecular weight excluding hydrogens is 176 g/mol. The van der Waals surface area contributed by atoms with Crippen LogP contribution in [-0.4, -0.2) is 11.6 Å². The molecule has 0 bridgehead atoms. The molecule has 0 aromatic rings. The molecule has 0 aromatic carbocycles. The van der Waals surface area contributed by atoms with Crippen LogP contribution in [0.4, 0.5) is 0 Å². The zero-order valence-corrected chi connectivity index (χ0v) is 9.85. The third-order valence-electron chi connectivity index (χ3n) is 2.96. The first-order valence-electron chi connectivity index (χ1n) is 5.46. The van der Waals surface area contributed by atoms with Crippen LogP contribution in [0.3, 0.4) is 0 Å². The summed E-state index contributed by atoms with van der Waals surface area (Å²) in [6, 6.07) is 0. The number of hydrogen-bond donors (Lipinski definition) is 0. The van der Waals surface area contributed by atoms with Crippen molar-refractivity contribution in [2.75, 3.05) is 0 Å². The lowest BCUT2D eigenvalue weighted by Gasteiger charge is -2.30. The SMILES string of the molecule is C=C(CC)C(=O)OC(CC)(CC)CC. The Morgan fingerprint density at radius 2 is 1.57 bits per heavy atom. The summed E-state index contributed by atoms with van der Waals surface area (Å²) in [6.07, 6.45) is 3.25. The fourth-order valence-corrected chi connectivity index (χ4v) is 1.38. The minimum atomic E-state index is -0.283. The molecule has 0 saturated heterocycles. The second-order valence-electron chi connectivity index (χ2n) is 3.59. The fourth-order valence-electron chi connectivity index (χ4n) is 1.38. The Labute approximate surface area is 87.3 Å². The summed E-state index contributed by atoms with van der Waals surface area (Å²) in [4.78, 5) is 11.5. The Bertz CT molecular complexity index is 194. The standard InChI is InChI=1S/C12H22O2/c1-6-10(5)11(13)14-12(7-2,8-3)9-4/h5-9H2,1-4H3. The summed E-state index contributed by atoms with van der Waals surface area (Å²) in [7, 11) is 0. The monoisotopic (exact) mass is 198 g/mol. The maximum Gasteiger partial charge on any atom is 0.333 e. The van der Waals surface area contributed by atoms with Crippen molar-refractivity contribution in [1.29, 1.82) is 0 Å². The maximum absolute atomic E-state index is 11.5. The summed E-state index contributed by atoms with van der Waals surface area (Å²) in [5, 5.41) is 0. The van der Waals surface area contributed by atoms with Crippen molar-refractivity contribution in [2.24, 2.45) is 0 Å². The molecule has 2 heteroatoms. The highest BCUT2D eigenvalue weighted by Crippen LogP contribution is 2.25. The van der Waals surface area contributed by atoms with E-state index >= 15 is 0 Å². The molecule has 82 valence electrons. The van der Waals surface area contributed by atoms with Crippen molar-refractivity contribution in [1.82, 2.24) is 0 Å². The molecule has 0 unspecified atom stereocenters. The normalized spacial score (nSPS) is 11.1. The van der Waals surface area contributed by atoms with Gasteiger partial charge in [0.1, 0.15) is 5.60 Å². The van der Waals surface area contributed by atoms with Gasteiger partial charge in [-0.25, -0.2) is 4.79 Å². The average Bonchev–Trinajstić information content (AvgIpc) is 2.24. The topological polar surface area (TPSA) is 26.3 Å². The van der Waals surface area contributed by atoms with Gasteiger partial charge in [-0.05, 0) is 25.7 Å². The first-order valence-corrected chi connectivity index (χ1v) is 5.46. The third kappa shape index (κ3) is 3.17. The molecule has 0 aliphatic rings. The third-order valence-corrected chi connectivity index (χ3v) is 2.96. The van der Waals surface area contributed by atoms with Crippen LogP contribution in [0.25, 0.3) is 0 Å². The minimum Gasteiger partial charge on any atom is -0.456 e. The van der Waals surface area contributed by atoms with E-state index in [1.807, 2.05) is 6.92 Å². The van der Waals surface area contributed by atoms with Crippen molar-refractivity contribution in [3.05, 3.63) is 12.2 Å². The average molecular weight is 198 g/mol. The lowest BCUT2D eigenvalue weighted by atomic mass is 9.94. The van der Waals surface area contributed by atoms with E-state index in [1.54, 1.807) is 0 Å². The molecule has 0 fully saturated rings. The van der Waals surface area contributed by atoms with E-state index in [2.05, 4.69) is 27.4 Å². The van der Waals surface area contributed by atoms with Gasteiger partial charge in [0.15, 0.2) is 0 Å². The van der Waals surface area contributed by atoms with E-state index in [0.717, 1.165) is 19.3 Å². The zero-order chi connectivity index (χ0) is 11.2. The van der Waals surface area contributed by atoms with Crippen LogP contribution in [-0.2, 0) is 9.53 Å². The van der Waals surface area contributed by atoms with Gasteiger partial charge in [0, 0.05) is 5.57 Å². The molecule has 0 rings (SSSR count). The summed E-state index contributed by atoms with van der Waals surface area (Å²) < 4.78 is 5.50. The van der Waals surface area contributed by atoms with E-state index in [0.29, 0.717) is 12.0 Å². The van der Waals surface area contributed by atoms with Crippen molar-refractivity contribution in [2.45, 2.75) is 59.0 Å². The number of rotatable bonds is 6. The quantitative estimate of drug-likeness (QED) is 0.482. The van der Waals surface area contributed by atoms with E-state index in [9.17, 15) is 4.79 Å². The summed E-state index contributed by atoms with van der Waals surface area (Å²) in [6.45, 7) is 11.7. The fraction of sp³-hybridized carbons (Fsp3) is 0.750. The Morgan fingerprint density at radius 3 is 1.86 bits per heavy atom. The lowest BCUT2D eigenvalue weighted by molar-refractivity contribution is -0.156. The molecule has 0 aliphatic heterocycles. The van der Waals surface area contributed by atoms with Gasteiger partial charge in [0.25, 0.3) is 0 Å². The Morgan fingerprint density at radius 1 is 1.14 bits per heavy atom. The molecular formula is C12H22O2. The smallest absolute Gasteiger partial charge is 0.333 e. The van der Waals surface area contributed by atoms with Crippen molar-refractivity contribution < 1.29 is 9.53 Å². The van der Waals surface area contributed by atoms with Crippen LogP contribution in [0.5, 0.6) is 0 Å². The molecule has 0 aromatic heterocycles. The Hall–Kier alpha value is -0.790. The van der Waals surface area contributed by atoms with Crippen LogP contribution in [0, 0.1) is 0 Å². The first-order chi connectivity index (χ1) is 6.55. The molecule has 0 radical (unpaired) electrons. The van der Waals surface area contributed by atoms with Crippen LogP contribution in [0.2, 0.25) is 0 Å². The highest BCUT2D eigenvalue weighted by Gasteiger charge is 2.28. The molecule has 0 aliphatic carbocycles. The second kappa shape index (κ2) is 5.84. The first kappa shape index (κ1) is 13.2. The van der Waals surface area contributed by atoms with E-state index in [-0.39, 0.29) is 11.6 Å². The van der Waals surface area contributed by atoms with Crippen LogP contribution < -0.4 is 0 Å². The number of esters is 1. The molecule has 2 nitrogen and oxygen atoms in total. The Kier molecular flexibility index (Phi) is 5.51. The predicted octanol–water partition coefficient (Wildman–Crippen LogP) is 3.46. The maximum atomic E-state index is 11.5. The van der Waals surface area contributed by atoms with Crippen LogP contribution in [0.15, 0.2) is 12.2 Å². The minimum absolute atomic E-state index is 0.238. The predicted molar refractivity (Wildman–Crippen MR) is 59.1 cm³/mol. The Balaban J connectivity index is 4.44. The van der Waals surface area contributed by atoms with Crippen molar-refractivity contribution in [3.8, 4) is 0 Å². The van der Waals surface area contributed by atoms with Gasteiger partial charge in [-0.3, -0.25) is 0 Å². The molecule has 0 spiro atoms. The van der Waals surface area contributed by atoms with Crippen molar-refractivity contribution in [3.63, 3.8) is 0 Å². The molecule has 14 heavy (non-hydrogen) atoms. The number of ether oxygens (including phenoxy) is 1. The zero-order valence-electron chi connectivity index (χ0n) is 9.85. The van der Waals surface area contributed by atoms with E-state index < -0.39 is 0 Å². The van der Waals surface area contributed by atoms with Gasteiger partial charge in [-0.15, -0.1) is 0 Å². The molecule has 0 N–H and O–H groups in total. The van der Waals surface area contributed by atoms with Gasteiger partial charge in [-0.1, -0.05) is 34.3 Å². The van der Waals surface area contributed by atoms with Crippen LogP contribution in [0.1, 0.15) is 53.4 Å². The van der Waals surface area contributed by atoms with Gasteiger partial charge in [0.2, 0.25) is 0 Å². The number of carbonyl (C=O) groups excluding carboxylic acids is 1. The van der Waals surface area contributed by atoms with Gasteiger partial charge in [-0.2, -0.15) is 0 Å². The van der Waals surface area contributed by atoms with Gasteiger partial charge in [0.05, 0.1) is 0 Å². The largest absolute Gasteiger partial charge is 0.456 e. The van der Waals surface area contributed by atoms with Crippen LogP contribution >= 0.6 is 0 Å². The summed E-state index contributed by atoms with van der Waals surface area (Å²) >= 11 is 0.